The van der Waals surface area contributed by atoms with Gasteiger partial charge in [-0.15, -0.1) is 0 Å². The second-order valence-corrected chi connectivity index (χ2v) is 4.15. The lowest BCUT2D eigenvalue weighted by atomic mass is 10.1. The summed E-state index contributed by atoms with van der Waals surface area (Å²) in [6.07, 6.45) is 2.85. The van der Waals surface area contributed by atoms with Crippen LogP contribution < -0.4 is 11.1 Å². The molecule has 1 amide bonds. The Hall–Kier alpha value is -2.76. The number of benzene rings is 1. The molecule has 0 radical (unpaired) electrons. The molecule has 6 heteroatoms. The quantitative estimate of drug-likeness (QED) is 0.495. The van der Waals surface area contributed by atoms with E-state index in [0.717, 1.165) is 0 Å². The number of rotatable bonds is 4. The molecule has 0 saturated carbocycles. The summed E-state index contributed by atoms with van der Waals surface area (Å²) in [6.45, 7) is 3.01. The first-order valence-electron chi connectivity index (χ1n) is 5.92. The highest BCUT2D eigenvalue weighted by atomic mass is 16.1. The van der Waals surface area contributed by atoms with Crippen molar-refractivity contribution in [2.45, 2.75) is 13.8 Å². The van der Waals surface area contributed by atoms with Gasteiger partial charge in [-0.1, -0.05) is 12.1 Å². The molecule has 6 nitrogen and oxygen atoms in total. The minimum absolute atomic E-state index is 0.0206. The first-order valence-corrected chi connectivity index (χ1v) is 5.92. The van der Waals surface area contributed by atoms with Crippen LogP contribution in [0.4, 0.5) is 5.69 Å². The van der Waals surface area contributed by atoms with Gasteiger partial charge in [-0.05, 0) is 31.2 Å². The molecule has 0 aliphatic carbocycles. The van der Waals surface area contributed by atoms with Crippen LogP contribution in [0, 0.1) is 10.8 Å². The number of carbonyl (C=O) groups is 1. The van der Waals surface area contributed by atoms with E-state index >= 15 is 0 Å². The van der Waals surface area contributed by atoms with Gasteiger partial charge in [0.25, 0.3) is 0 Å². The van der Waals surface area contributed by atoms with Crippen molar-refractivity contribution >= 4 is 29.0 Å². The largest absolute Gasteiger partial charge is 0.387 e. The number of nitrogens with two attached hydrogens (primary N) is 1. The number of hydrogen-bond acceptors (Lipinski definition) is 3. The van der Waals surface area contributed by atoms with E-state index < -0.39 is 0 Å². The fourth-order valence-electron chi connectivity index (χ4n) is 1.45. The molecule has 1 rings (SSSR count). The first-order chi connectivity index (χ1) is 9.38. The maximum absolute atomic E-state index is 11.0. The third kappa shape index (κ3) is 5.26. The molecule has 0 aliphatic rings. The van der Waals surface area contributed by atoms with E-state index in [4.69, 9.17) is 16.6 Å². The lowest BCUT2D eigenvalue weighted by Gasteiger charge is -2.04. The van der Waals surface area contributed by atoms with E-state index in [-0.39, 0.29) is 17.5 Å². The Morgan fingerprint density at radius 1 is 1.30 bits per heavy atom. The van der Waals surface area contributed by atoms with Crippen molar-refractivity contribution in [2.75, 3.05) is 5.32 Å². The summed E-state index contributed by atoms with van der Waals surface area (Å²) in [5.74, 6) is 0.102. The van der Waals surface area contributed by atoms with Gasteiger partial charge in [0.05, 0.1) is 11.5 Å². The van der Waals surface area contributed by atoms with Gasteiger partial charge in [-0.3, -0.25) is 10.2 Å². The summed E-state index contributed by atoms with van der Waals surface area (Å²) in [6, 6.07) is 6.93. The predicted octanol–water partition coefficient (Wildman–Crippen LogP) is 1.92. The zero-order valence-corrected chi connectivity index (χ0v) is 11.4. The predicted molar refractivity (Wildman–Crippen MR) is 81.7 cm³/mol. The van der Waals surface area contributed by atoms with Crippen molar-refractivity contribution in [3.05, 3.63) is 42.0 Å². The number of anilines is 1. The third-order valence-electron chi connectivity index (χ3n) is 2.20. The zero-order chi connectivity index (χ0) is 15.1. The lowest BCUT2D eigenvalue weighted by Crippen LogP contribution is -2.08. The minimum atomic E-state index is -0.168. The van der Waals surface area contributed by atoms with Crippen LogP contribution in [-0.4, -0.2) is 23.3 Å². The maximum Gasteiger partial charge on any atom is 0.221 e. The summed E-state index contributed by atoms with van der Waals surface area (Å²) < 4.78 is 0. The standard InChI is InChI=1S/C14H17N5O/c1-9(15)18-14(17)7-6-13(16)11-4-3-5-12(8-11)19-10(2)20/h3-8,16H,1-2H3,(H,19,20)(H3,15,17,18)/b7-6-,16-13?. The van der Waals surface area contributed by atoms with Gasteiger partial charge in [0.15, 0.2) is 0 Å². The Balaban J connectivity index is 2.82. The van der Waals surface area contributed by atoms with E-state index in [1.165, 1.54) is 19.1 Å². The van der Waals surface area contributed by atoms with Gasteiger partial charge < -0.3 is 16.5 Å². The van der Waals surface area contributed by atoms with E-state index in [1.54, 1.807) is 31.2 Å². The number of allylic oxidation sites excluding steroid dienone is 1. The van der Waals surface area contributed by atoms with Gasteiger partial charge in [0.2, 0.25) is 5.91 Å². The number of amidine groups is 2. The van der Waals surface area contributed by atoms with Gasteiger partial charge in [-0.25, -0.2) is 4.99 Å². The SMILES string of the molecule is CC(=O)Nc1cccc(C(=N)/C=C\C(=N)N=C(C)N)c1. The fraction of sp³-hybridized carbons (Fsp3) is 0.143. The van der Waals surface area contributed by atoms with Gasteiger partial charge in [0.1, 0.15) is 5.84 Å². The zero-order valence-electron chi connectivity index (χ0n) is 11.4. The molecule has 0 aliphatic heterocycles. The molecule has 5 N–H and O–H groups in total. The third-order valence-corrected chi connectivity index (χ3v) is 2.20. The number of aliphatic imine (C=N–C) groups is 1. The molecule has 0 unspecified atom stereocenters. The van der Waals surface area contributed by atoms with Crippen molar-refractivity contribution < 1.29 is 4.79 Å². The Bertz CT molecular complexity index is 597. The summed E-state index contributed by atoms with van der Waals surface area (Å²) in [4.78, 5) is 14.7. The molecule has 0 bridgehead atoms. The highest BCUT2D eigenvalue weighted by molar-refractivity contribution is 6.11. The lowest BCUT2D eigenvalue weighted by molar-refractivity contribution is -0.114. The number of nitrogens with zero attached hydrogens (tertiary/aromatic N) is 1. The van der Waals surface area contributed by atoms with Crippen LogP contribution in [0.3, 0.4) is 0 Å². The molecule has 0 aromatic heterocycles. The van der Waals surface area contributed by atoms with Crippen LogP contribution in [0.25, 0.3) is 0 Å². The molecule has 1 aromatic rings. The van der Waals surface area contributed by atoms with Crippen LogP contribution >= 0.6 is 0 Å². The second-order valence-electron chi connectivity index (χ2n) is 4.15. The summed E-state index contributed by atoms with van der Waals surface area (Å²) >= 11 is 0. The molecule has 0 spiro atoms. The smallest absolute Gasteiger partial charge is 0.221 e. The average molecular weight is 271 g/mol. The molecule has 0 heterocycles. The Morgan fingerprint density at radius 2 is 2.00 bits per heavy atom. The number of amides is 1. The minimum Gasteiger partial charge on any atom is -0.387 e. The Kier molecular flexibility index (Phi) is 5.34. The van der Waals surface area contributed by atoms with Crippen molar-refractivity contribution in [3.63, 3.8) is 0 Å². The highest BCUT2D eigenvalue weighted by Crippen LogP contribution is 2.11. The molecular weight excluding hydrogens is 254 g/mol. The van der Waals surface area contributed by atoms with Crippen LogP contribution in [0.15, 0.2) is 41.4 Å². The van der Waals surface area contributed by atoms with E-state index in [2.05, 4.69) is 10.3 Å². The molecule has 20 heavy (non-hydrogen) atoms. The number of nitrogens with one attached hydrogen (secondary N) is 3. The number of hydrogen-bond donors (Lipinski definition) is 4. The molecule has 0 saturated heterocycles. The second kappa shape index (κ2) is 6.98. The van der Waals surface area contributed by atoms with Crippen molar-refractivity contribution in [2.24, 2.45) is 10.7 Å². The van der Waals surface area contributed by atoms with Gasteiger partial charge >= 0.3 is 0 Å². The van der Waals surface area contributed by atoms with E-state index in [9.17, 15) is 4.79 Å². The average Bonchev–Trinajstić information content (AvgIpc) is 2.34. The summed E-state index contributed by atoms with van der Waals surface area (Å²) in [7, 11) is 0. The van der Waals surface area contributed by atoms with Crippen molar-refractivity contribution in [1.82, 2.24) is 0 Å². The Labute approximate surface area is 117 Å². The van der Waals surface area contributed by atoms with Crippen LogP contribution in [0.5, 0.6) is 0 Å². The topological polar surface area (TPSA) is 115 Å². The molecular formula is C14H17N5O. The van der Waals surface area contributed by atoms with Crippen LogP contribution in [-0.2, 0) is 4.79 Å². The van der Waals surface area contributed by atoms with Gasteiger partial charge in [-0.2, -0.15) is 0 Å². The normalized spacial score (nSPS) is 11.4. The van der Waals surface area contributed by atoms with Crippen molar-refractivity contribution in [3.8, 4) is 0 Å². The van der Waals surface area contributed by atoms with Crippen LogP contribution in [0.1, 0.15) is 19.4 Å². The molecule has 104 valence electrons. The maximum atomic E-state index is 11.0. The number of carbonyl (C=O) groups excluding carboxylic acids is 1. The molecule has 1 aromatic carbocycles. The van der Waals surface area contributed by atoms with E-state index in [1.807, 2.05) is 0 Å². The van der Waals surface area contributed by atoms with Gasteiger partial charge in [0, 0.05) is 18.2 Å². The van der Waals surface area contributed by atoms with Crippen molar-refractivity contribution in [1.29, 1.82) is 10.8 Å². The summed E-state index contributed by atoms with van der Waals surface area (Å²) in [5.41, 5.74) is 6.83. The highest BCUT2D eigenvalue weighted by Gasteiger charge is 2.01. The van der Waals surface area contributed by atoms with Crippen LogP contribution in [0.2, 0.25) is 0 Å². The molecule has 0 fully saturated rings. The fourth-order valence-corrected chi connectivity index (χ4v) is 1.45. The Morgan fingerprint density at radius 3 is 2.60 bits per heavy atom. The summed E-state index contributed by atoms with van der Waals surface area (Å²) in [5, 5.41) is 18.1. The van der Waals surface area contributed by atoms with E-state index in [0.29, 0.717) is 17.1 Å². The first kappa shape index (κ1) is 15.3. The monoisotopic (exact) mass is 271 g/mol. The molecule has 0 atom stereocenters.